The summed E-state index contributed by atoms with van der Waals surface area (Å²) in [6.45, 7) is 9.16. The third-order valence-electron chi connectivity index (χ3n) is 3.64. The molecule has 0 bridgehead atoms. The molecule has 2 N–H and O–H groups in total. The first-order valence-corrected chi connectivity index (χ1v) is 7.23. The lowest BCUT2D eigenvalue weighted by Gasteiger charge is -2.38. The van der Waals surface area contributed by atoms with E-state index in [0.717, 1.165) is 43.0 Å². The molecule has 0 spiro atoms. The molecule has 0 radical (unpaired) electrons. The van der Waals surface area contributed by atoms with Crippen LogP contribution in [0.2, 0.25) is 0 Å². The minimum atomic E-state index is 0.473. The van der Waals surface area contributed by atoms with Crippen LogP contribution in [0.5, 0.6) is 0 Å². The Balaban J connectivity index is 2.03. The maximum absolute atomic E-state index is 5.72. The smallest absolute Gasteiger partial charge is 0.143 e. The van der Waals surface area contributed by atoms with Crippen molar-refractivity contribution in [1.82, 2.24) is 9.88 Å². The summed E-state index contributed by atoms with van der Waals surface area (Å²) >= 11 is 3.64. The van der Waals surface area contributed by atoms with Crippen LogP contribution in [0.15, 0.2) is 16.7 Å². The maximum Gasteiger partial charge on any atom is 0.143 e. The lowest BCUT2D eigenvalue weighted by Crippen LogP contribution is -2.51. The Bertz CT molecular complexity index is 402. The minimum absolute atomic E-state index is 0.473. The van der Waals surface area contributed by atoms with Gasteiger partial charge in [0.1, 0.15) is 5.82 Å². The minimum Gasteiger partial charge on any atom is -0.353 e. The highest BCUT2D eigenvalue weighted by Gasteiger charge is 2.22. The van der Waals surface area contributed by atoms with E-state index in [1.165, 1.54) is 5.56 Å². The van der Waals surface area contributed by atoms with Gasteiger partial charge < -0.3 is 10.6 Å². The molecule has 1 atom stereocenters. The average molecular weight is 313 g/mol. The number of piperazine rings is 1. The first kappa shape index (κ1) is 13.8. The van der Waals surface area contributed by atoms with Crippen molar-refractivity contribution in [2.24, 2.45) is 5.73 Å². The zero-order chi connectivity index (χ0) is 13.1. The van der Waals surface area contributed by atoms with E-state index in [-0.39, 0.29) is 0 Å². The van der Waals surface area contributed by atoms with Gasteiger partial charge in [0.15, 0.2) is 0 Å². The van der Waals surface area contributed by atoms with Gasteiger partial charge in [-0.1, -0.05) is 0 Å². The molecule has 100 valence electrons. The Morgan fingerprint density at radius 1 is 1.39 bits per heavy atom. The summed E-state index contributed by atoms with van der Waals surface area (Å²) in [5.41, 5.74) is 6.95. The number of pyridine rings is 1. The summed E-state index contributed by atoms with van der Waals surface area (Å²) in [6, 6.07) is 2.50. The van der Waals surface area contributed by atoms with Gasteiger partial charge in [-0.25, -0.2) is 4.98 Å². The quantitative estimate of drug-likeness (QED) is 0.921. The van der Waals surface area contributed by atoms with Crippen molar-refractivity contribution in [3.05, 3.63) is 22.3 Å². The van der Waals surface area contributed by atoms with Gasteiger partial charge in [-0.3, -0.25) is 4.90 Å². The molecule has 1 fully saturated rings. The molecule has 0 amide bonds. The largest absolute Gasteiger partial charge is 0.353 e. The summed E-state index contributed by atoms with van der Waals surface area (Å²) in [4.78, 5) is 9.28. The summed E-state index contributed by atoms with van der Waals surface area (Å²) in [6.07, 6.45) is 1.88. The standard InChI is InChI=1S/C13H21BrN4/c1-10-3-4-16-13(12(10)14)18-7-5-17(6-8-18)11(2)9-15/h3-4,11H,5-9,15H2,1-2H3. The number of aryl methyl sites for hydroxylation is 1. The molecule has 4 nitrogen and oxygen atoms in total. The Kier molecular flexibility index (Phi) is 4.59. The van der Waals surface area contributed by atoms with E-state index in [2.05, 4.69) is 44.6 Å². The first-order valence-electron chi connectivity index (χ1n) is 6.43. The monoisotopic (exact) mass is 312 g/mol. The van der Waals surface area contributed by atoms with Crippen LogP contribution in [0.4, 0.5) is 5.82 Å². The van der Waals surface area contributed by atoms with Gasteiger partial charge in [0.05, 0.1) is 4.47 Å². The van der Waals surface area contributed by atoms with Gasteiger partial charge in [-0.15, -0.1) is 0 Å². The number of hydrogen-bond donors (Lipinski definition) is 1. The predicted octanol–water partition coefficient (Wildman–Crippen LogP) is 1.62. The van der Waals surface area contributed by atoms with Crippen LogP contribution in [0.25, 0.3) is 0 Å². The van der Waals surface area contributed by atoms with E-state index < -0.39 is 0 Å². The summed E-state index contributed by atoms with van der Waals surface area (Å²) < 4.78 is 1.12. The zero-order valence-corrected chi connectivity index (χ0v) is 12.7. The van der Waals surface area contributed by atoms with Crippen molar-refractivity contribution in [1.29, 1.82) is 0 Å². The number of aromatic nitrogens is 1. The molecule has 2 rings (SSSR count). The molecule has 1 aromatic heterocycles. The Hall–Kier alpha value is -0.650. The number of anilines is 1. The summed E-state index contributed by atoms with van der Waals surface area (Å²) in [5.74, 6) is 1.06. The molecule has 1 aliphatic rings. The number of rotatable bonds is 3. The highest BCUT2D eigenvalue weighted by Crippen LogP contribution is 2.27. The molecule has 18 heavy (non-hydrogen) atoms. The fraction of sp³-hybridized carbons (Fsp3) is 0.615. The van der Waals surface area contributed by atoms with E-state index in [4.69, 9.17) is 5.73 Å². The molecule has 5 heteroatoms. The highest BCUT2D eigenvalue weighted by atomic mass is 79.9. The molecule has 0 aromatic carbocycles. The van der Waals surface area contributed by atoms with E-state index in [9.17, 15) is 0 Å². The van der Waals surface area contributed by atoms with Crippen molar-refractivity contribution >= 4 is 21.7 Å². The average Bonchev–Trinajstić information content (AvgIpc) is 2.41. The van der Waals surface area contributed by atoms with Crippen LogP contribution in [-0.4, -0.2) is 48.6 Å². The number of nitrogens with zero attached hydrogens (tertiary/aromatic N) is 3. The van der Waals surface area contributed by atoms with Gasteiger partial charge in [0, 0.05) is 45.0 Å². The summed E-state index contributed by atoms with van der Waals surface area (Å²) in [7, 11) is 0. The number of nitrogens with two attached hydrogens (primary N) is 1. The lowest BCUT2D eigenvalue weighted by molar-refractivity contribution is 0.201. The van der Waals surface area contributed by atoms with Crippen molar-refractivity contribution in [3.8, 4) is 0 Å². The fourth-order valence-electron chi connectivity index (χ4n) is 2.27. The van der Waals surface area contributed by atoms with Crippen molar-refractivity contribution in [2.75, 3.05) is 37.6 Å². The van der Waals surface area contributed by atoms with Crippen LogP contribution in [0.3, 0.4) is 0 Å². The van der Waals surface area contributed by atoms with Gasteiger partial charge in [-0.05, 0) is 41.4 Å². The van der Waals surface area contributed by atoms with Crippen molar-refractivity contribution in [2.45, 2.75) is 19.9 Å². The fourth-order valence-corrected chi connectivity index (χ4v) is 2.76. The topological polar surface area (TPSA) is 45.4 Å². The van der Waals surface area contributed by atoms with E-state index in [1.807, 2.05) is 12.3 Å². The van der Waals surface area contributed by atoms with Crippen molar-refractivity contribution < 1.29 is 0 Å². The van der Waals surface area contributed by atoms with Gasteiger partial charge >= 0.3 is 0 Å². The molecular formula is C13H21BrN4. The molecule has 2 heterocycles. The van der Waals surface area contributed by atoms with Gasteiger partial charge in [0.25, 0.3) is 0 Å². The third-order valence-corrected chi connectivity index (χ3v) is 4.62. The highest BCUT2D eigenvalue weighted by molar-refractivity contribution is 9.10. The molecule has 1 unspecified atom stereocenters. The van der Waals surface area contributed by atoms with Crippen molar-refractivity contribution in [3.63, 3.8) is 0 Å². The molecular weight excluding hydrogens is 292 g/mol. The normalized spacial score (nSPS) is 19.0. The molecule has 1 aliphatic heterocycles. The van der Waals surface area contributed by atoms with Crippen LogP contribution >= 0.6 is 15.9 Å². The number of hydrogen-bond acceptors (Lipinski definition) is 4. The second-order valence-corrected chi connectivity index (χ2v) is 5.67. The molecule has 0 saturated carbocycles. The first-order chi connectivity index (χ1) is 8.63. The maximum atomic E-state index is 5.72. The summed E-state index contributed by atoms with van der Waals surface area (Å²) in [5, 5.41) is 0. The van der Waals surface area contributed by atoms with Crippen LogP contribution in [0.1, 0.15) is 12.5 Å². The third kappa shape index (κ3) is 2.84. The Morgan fingerprint density at radius 2 is 2.06 bits per heavy atom. The van der Waals surface area contributed by atoms with Crippen LogP contribution < -0.4 is 10.6 Å². The Morgan fingerprint density at radius 3 is 2.67 bits per heavy atom. The molecule has 0 aliphatic carbocycles. The van der Waals surface area contributed by atoms with Gasteiger partial charge in [0.2, 0.25) is 0 Å². The van der Waals surface area contributed by atoms with Crippen LogP contribution in [0, 0.1) is 6.92 Å². The Labute approximate surface area is 117 Å². The van der Waals surface area contributed by atoms with E-state index in [1.54, 1.807) is 0 Å². The van der Waals surface area contributed by atoms with Crippen LogP contribution in [-0.2, 0) is 0 Å². The second kappa shape index (κ2) is 5.99. The molecule has 1 aromatic rings. The number of halogens is 1. The SMILES string of the molecule is Cc1ccnc(N2CCN(C(C)CN)CC2)c1Br. The van der Waals surface area contributed by atoms with Gasteiger partial charge in [-0.2, -0.15) is 0 Å². The molecule has 1 saturated heterocycles. The predicted molar refractivity (Wildman–Crippen MR) is 79.0 cm³/mol. The lowest BCUT2D eigenvalue weighted by atomic mass is 10.2. The second-order valence-electron chi connectivity index (χ2n) is 4.87. The van der Waals surface area contributed by atoms with E-state index >= 15 is 0 Å². The zero-order valence-electron chi connectivity index (χ0n) is 11.1. The van der Waals surface area contributed by atoms with E-state index in [0.29, 0.717) is 6.04 Å².